The van der Waals surface area contributed by atoms with Gasteiger partial charge in [0.25, 0.3) is 0 Å². The number of carbonyl (C=O) groups excluding carboxylic acids is 4. The average Bonchev–Trinajstić information content (AvgIpc) is 3.14. The van der Waals surface area contributed by atoms with Gasteiger partial charge in [-0.15, -0.1) is 0 Å². The predicted molar refractivity (Wildman–Crippen MR) is 161 cm³/mol. The maximum atomic E-state index is 14.1. The van der Waals surface area contributed by atoms with Crippen LogP contribution in [0.5, 0.6) is 0 Å². The topological polar surface area (TPSA) is 122 Å². The van der Waals surface area contributed by atoms with Gasteiger partial charge in [0.05, 0.1) is 10.8 Å². The highest BCUT2D eigenvalue weighted by Gasteiger charge is 2.48. The smallest absolute Gasteiger partial charge is 0.335 e. The summed E-state index contributed by atoms with van der Waals surface area (Å²) in [4.78, 5) is 50.7. The largest absolute Gasteiger partial charge is 0.489 e. The number of hydrogen-bond donors (Lipinski definition) is 0. The molecule has 1 spiro atoms. The van der Waals surface area contributed by atoms with E-state index in [9.17, 15) is 27.9 Å². The molecule has 2 aliphatic rings. The molecule has 2 rings (SSSR count). The van der Waals surface area contributed by atoms with Crippen LogP contribution in [0.2, 0.25) is 0 Å². The van der Waals surface area contributed by atoms with E-state index >= 15 is 0 Å². The zero-order valence-electron chi connectivity index (χ0n) is 26.2. The number of halogens is 1. The summed E-state index contributed by atoms with van der Waals surface area (Å²) in [5, 5.41) is 0. The number of hydrogen-bond acceptors (Lipinski definition) is 9. The Morgan fingerprint density at radius 3 is 2.21 bits per heavy atom. The first-order valence-corrected chi connectivity index (χ1v) is 16.3. The quantitative estimate of drug-likeness (QED) is 0.0903. The average molecular weight is 637 g/mol. The van der Waals surface area contributed by atoms with Crippen LogP contribution >= 0.6 is 16.1 Å². The van der Waals surface area contributed by atoms with Gasteiger partial charge in [0.1, 0.15) is 23.9 Å². The Balaban J connectivity index is 2.79. The van der Waals surface area contributed by atoms with Gasteiger partial charge >= 0.3 is 17.9 Å². The summed E-state index contributed by atoms with van der Waals surface area (Å²) in [6, 6.07) is 0. The first-order chi connectivity index (χ1) is 19.7. The monoisotopic (exact) mass is 636 g/mol. The molecular formula is C31H39FO9P2. The molecule has 2 atom stereocenters. The highest BCUT2D eigenvalue weighted by Crippen LogP contribution is 2.53. The number of ether oxygens (including phenoxy) is 4. The van der Waals surface area contributed by atoms with Crippen LogP contribution in [-0.2, 0) is 42.7 Å². The van der Waals surface area contributed by atoms with Gasteiger partial charge in [-0.2, -0.15) is 0 Å². The molecule has 0 aromatic rings. The Bertz CT molecular complexity index is 1380. The van der Waals surface area contributed by atoms with Gasteiger partial charge in [-0.3, -0.25) is 18.9 Å². The number of carbonyl (C=O) groups is 4. The van der Waals surface area contributed by atoms with E-state index in [1.54, 1.807) is 73.6 Å². The lowest BCUT2D eigenvalue weighted by atomic mass is 9.81. The van der Waals surface area contributed by atoms with E-state index in [-0.39, 0.29) is 47.0 Å². The van der Waals surface area contributed by atoms with Crippen LogP contribution in [0.3, 0.4) is 0 Å². The van der Waals surface area contributed by atoms with Gasteiger partial charge in [-0.25, -0.2) is 8.99 Å². The van der Waals surface area contributed by atoms with E-state index in [2.05, 4.69) is 0 Å². The Morgan fingerprint density at radius 1 is 1.05 bits per heavy atom. The van der Waals surface area contributed by atoms with Gasteiger partial charge in [0.2, 0.25) is 21.6 Å². The van der Waals surface area contributed by atoms with Crippen LogP contribution in [0.15, 0.2) is 70.0 Å². The van der Waals surface area contributed by atoms with Crippen molar-refractivity contribution >= 4 is 39.5 Å². The summed E-state index contributed by atoms with van der Waals surface area (Å²) in [6.45, 7) is 16.3. The van der Waals surface area contributed by atoms with Crippen molar-refractivity contribution < 1.29 is 46.9 Å². The molecule has 0 N–H and O–H groups in total. The van der Waals surface area contributed by atoms with E-state index in [1.165, 1.54) is 26.0 Å². The molecule has 9 nitrogen and oxygen atoms in total. The van der Waals surface area contributed by atoms with E-state index in [0.29, 0.717) is 5.57 Å². The molecule has 0 bridgehead atoms. The Labute approximate surface area is 254 Å². The fraction of sp³-hybridized carbons (Fsp3) is 0.484. The zero-order valence-corrected chi connectivity index (χ0v) is 28.0. The second-order valence-electron chi connectivity index (χ2n) is 12.3. The first-order valence-electron chi connectivity index (χ1n) is 13.5. The second kappa shape index (κ2) is 14.0. The molecule has 234 valence electrons. The Kier molecular flexibility index (Phi) is 11.7. The second-order valence-corrected chi connectivity index (χ2v) is 14.9. The SMILES string of the molecule is CC1=C(/C=C(\C)C(=O)P(F)P=O)C2(C/C=C\C(OC(=O)C(C)(C)C)=C/COC(/C=C(\C)OC(=O)C(C)(C)C)=C\2C)OC1=O. The fourth-order valence-corrected chi connectivity index (χ4v) is 5.03. The summed E-state index contributed by atoms with van der Waals surface area (Å²) in [7, 11) is -3.87. The van der Waals surface area contributed by atoms with Gasteiger partial charge in [-0.05, 0) is 87.5 Å². The van der Waals surface area contributed by atoms with Gasteiger partial charge in [-0.1, -0.05) is 6.08 Å². The molecule has 0 radical (unpaired) electrons. The predicted octanol–water partition coefficient (Wildman–Crippen LogP) is 7.86. The van der Waals surface area contributed by atoms with Crippen LogP contribution in [-0.4, -0.2) is 35.6 Å². The van der Waals surface area contributed by atoms with Gasteiger partial charge < -0.3 is 18.9 Å². The van der Waals surface area contributed by atoms with E-state index in [4.69, 9.17) is 18.9 Å². The van der Waals surface area contributed by atoms with Crippen LogP contribution in [0.25, 0.3) is 0 Å². The molecule has 43 heavy (non-hydrogen) atoms. The van der Waals surface area contributed by atoms with Crippen LogP contribution < -0.4 is 0 Å². The molecule has 0 aliphatic carbocycles. The Morgan fingerprint density at radius 2 is 1.65 bits per heavy atom. The fourth-order valence-electron chi connectivity index (χ4n) is 3.90. The van der Waals surface area contributed by atoms with Crippen LogP contribution in [0.1, 0.15) is 75.7 Å². The van der Waals surface area contributed by atoms with Crippen molar-refractivity contribution in [3.8, 4) is 0 Å². The van der Waals surface area contributed by atoms with E-state index in [0.717, 1.165) is 0 Å². The first kappa shape index (κ1) is 36.0. The minimum absolute atomic E-state index is 0.00530. The maximum Gasteiger partial charge on any atom is 0.335 e. The summed E-state index contributed by atoms with van der Waals surface area (Å²) in [5.74, 6) is -1.04. The van der Waals surface area contributed by atoms with Gasteiger partial charge in [0.15, 0.2) is 5.60 Å². The molecular weight excluding hydrogens is 597 g/mol. The molecule has 2 aliphatic heterocycles. The molecule has 0 aromatic carbocycles. The number of esters is 3. The number of allylic oxidation sites excluding steroid dienone is 4. The van der Waals surface area contributed by atoms with Crippen LogP contribution in [0.4, 0.5) is 4.20 Å². The van der Waals surface area contributed by atoms with Crippen molar-refractivity contribution in [2.75, 3.05) is 6.61 Å². The van der Waals surface area contributed by atoms with E-state index in [1.807, 2.05) is 0 Å². The standard InChI is InChI=1S/C31H39FO9P2/c1-18(26(34)43(32)42-37)16-23-20(3)25(33)41-31(23)14-11-12-22(40-28(36)30(8,9)10)13-15-38-24(21(31)4)17-19(2)39-27(35)29(5,6)7/h11-13,16-17H,14-15H2,1-10H3/b12-11-,18-16+,19-17+,22-13+,24-21-. The highest BCUT2D eigenvalue weighted by atomic mass is 32.1. The van der Waals surface area contributed by atoms with Crippen molar-refractivity contribution in [1.29, 1.82) is 0 Å². The van der Waals surface area contributed by atoms with Crippen molar-refractivity contribution in [3.63, 3.8) is 0 Å². The summed E-state index contributed by atoms with van der Waals surface area (Å²) < 4.78 is 48.3. The van der Waals surface area contributed by atoms with E-state index < -0.39 is 55.9 Å². The summed E-state index contributed by atoms with van der Waals surface area (Å²) in [5.41, 5.74) is -3.25. The minimum atomic E-state index is -2.95. The molecule has 0 aromatic heterocycles. The maximum absolute atomic E-state index is 14.1. The zero-order chi connectivity index (χ0) is 32.9. The summed E-state index contributed by atoms with van der Waals surface area (Å²) in [6.07, 6.45) is 7.61. The lowest BCUT2D eigenvalue weighted by molar-refractivity contribution is -0.149. The van der Waals surface area contributed by atoms with Crippen molar-refractivity contribution in [2.45, 2.75) is 81.3 Å². The lowest BCUT2D eigenvalue weighted by Crippen LogP contribution is -2.34. The molecule has 0 amide bonds. The van der Waals surface area contributed by atoms with Gasteiger partial charge in [0, 0.05) is 34.8 Å². The normalized spacial score (nSPS) is 25.0. The number of rotatable bonds is 7. The van der Waals surface area contributed by atoms with Crippen molar-refractivity contribution in [1.82, 2.24) is 0 Å². The third kappa shape index (κ3) is 8.90. The molecule has 12 heteroatoms. The molecule has 0 saturated carbocycles. The Hall–Kier alpha value is -3.22. The van der Waals surface area contributed by atoms with Crippen LogP contribution in [0, 0.1) is 10.8 Å². The van der Waals surface area contributed by atoms with Crippen molar-refractivity contribution in [3.05, 3.63) is 70.0 Å². The lowest BCUT2D eigenvalue weighted by Gasteiger charge is -2.32. The molecule has 2 heterocycles. The third-order valence-corrected chi connectivity index (χ3v) is 8.37. The molecule has 2 unspecified atom stereocenters. The third-order valence-electron chi connectivity index (χ3n) is 6.56. The summed E-state index contributed by atoms with van der Waals surface area (Å²) >= 11 is 0. The van der Waals surface area contributed by atoms with Crippen molar-refractivity contribution in [2.24, 2.45) is 10.8 Å². The minimum Gasteiger partial charge on any atom is -0.489 e. The molecule has 0 fully saturated rings. The molecule has 0 saturated heterocycles. The highest BCUT2D eigenvalue weighted by molar-refractivity contribution is 8.22.